The van der Waals surface area contributed by atoms with Crippen molar-refractivity contribution in [3.8, 4) is 5.75 Å². The van der Waals surface area contributed by atoms with Crippen LogP contribution in [0.1, 0.15) is 25.5 Å². The number of carbonyl (C=O) groups excluding carboxylic acids is 1. The molecule has 1 rings (SSSR count). The summed E-state index contributed by atoms with van der Waals surface area (Å²) in [6.07, 6.45) is -0.652. The molecule has 0 bridgehead atoms. The fraction of sp³-hybridized carbons (Fsp3) is 0.462. The molecule has 1 amide bonds. The van der Waals surface area contributed by atoms with Crippen LogP contribution in [0.5, 0.6) is 5.75 Å². The molecule has 0 spiro atoms. The average Bonchev–Trinajstić information content (AvgIpc) is 2.27. The summed E-state index contributed by atoms with van der Waals surface area (Å²) in [5.74, 6) is -0.279. The van der Waals surface area contributed by atoms with Gasteiger partial charge in [-0.2, -0.15) is 0 Å². The first-order valence-corrected chi connectivity index (χ1v) is 5.75. The lowest BCUT2D eigenvalue weighted by atomic mass is 10.1. The fourth-order valence-corrected chi connectivity index (χ4v) is 1.57. The molecule has 0 radical (unpaired) electrons. The molecular weight excluding hydrogens is 235 g/mol. The Kier molecular flexibility index (Phi) is 4.67. The van der Waals surface area contributed by atoms with Crippen molar-refractivity contribution in [1.82, 2.24) is 4.90 Å². The van der Waals surface area contributed by atoms with Crippen molar-refractivity contribution in [3.63, 3.8) is 0 Å². The van der Waals surface area contributed by atoms with Gasteiger partial charge in [0.1, 0.15) is 11.6 Å². The number of rotatable bonds is 4. The van der Waals surface area contributed by atoms with E-state index in [0.717, 1.165) is 0 Å². The van der Waals surface area contributed by atoms with Gasteiger partial charge in [-0.1, -0.05) is 6.07 Å². The monoisotopic (exact) mass is 254 g/mol. The standard InChI is InChI=1S/C13H19FN2O2/c1-8(15)11-6-5-10(7-12(11)14)18-9(2)13(17)16(3)4/h5-9H,15H2,1-4H3/t8-,9?/m0/s1. The predicted molar refractivity (Wildman–Crippen MR) is 67.8 cm³/mol. The molecule has 1 aromatic rings. The first-order chi connectivity index (χ1) is 8.32. The zero-order chi connectivity index (χ0) is 13.9. The molecule has 0 aromatic heterocycles. The highest BCUT2D eigenvalue weighted by Crippen LogP contribution is 2.21. The van der Waals surface area contributed by atoms with Gasteiger partial charge in [0.2, 0.25) is 0 Å². The molecule has 5 heteroatoms. The summed E-state index contributed by atoms with van der Waals surface area (Å²) >= 11 is 0. The topological polar surface area (TPSA) is 55.6 Å². The van der Waals surface area contributed by atoms with Crippen LogP contribution in [0.15, 0.2) is 18.2 Å². The highest BCUT2D eigenvalue weighted by Gasteiger charge is 2.17. The predicted octanol–water partition coefficient (Wildman–Crippen LogP) is 1.70. The molecule has 2 N–H and O–H groups in total. The lowest BCUT2D eigenvalue weighted by Gasteiger charge is -2.18. The van der Waals surface area contributed by atoms with Crippen molar-refractivity contribution in [1.29, 1.82) is 0 Å². The van der Waals surface area contributed by atoms with E-state index in [9.17, 15) is 9.18 Å². The zero-order valence-corrected chi connectivity index (χ0v) is 11.1. The molecule has 100 valence electrons. The maximum atomic E-state index is 13.7. The summed E-state index contributed by atoms with van der Waals surface area (Å²) in [5, 5.41) is 0. The van der Waals surface area contributed by atoms with E-state index in [-0.39, 0.29) is 11.9 Å². The summed E-state index contributed by atoms with van der Waals surface area (Å²) < 4.78 is 19.0. The third-order valence-corrected chi connectivity index (χ3v) is 2.56. The minimum Gasteiger partial charge on any atom is -0.481 e. The van der Waals surface area contributed by atoms with Gasteiger partial charge in [-0.15, -0.1) is 0 Å². The van der Waals surface area contributed by atoms with E-state index < -0.39 is 11.9 Å². The van der Waals surface area contributed by atoms with Crippen LogP contribution in [0.3, 0.4) is 0 Å². The van der Waals surface area contributed by atoms with Crippen molar-refractivity contribution in [3.05, 3.63) is 29.6 Å². The Morgan fingerprint density at radius 3 is 2.44 bits per heavy atom. The first kappa shape index (κ1) is 14.4. The second-order valence-electron chi connectivity index (χ2n) is 4.46. The first-order valence-electron chi connectivity index (χ1n) is 5.75. The maximum absolute atomic E-state index is 13.7. The van der Waals surface area contributed by atoms with Crippen molar-refractivity contribution in [2.45, 2.75) is 26.0 Å². The summed E-state index contributed by atoms with van der Waals surface area (Å²) in [6.45, 7) is 3.33. The van der Waals surface area contributed by atoms with Crippen LogP contribution in [0, 0.1) is 5.82 Å². The van der Waals surface area contributed by atoms with E-state index in [2.05, 4.69) is 0 Å². The van der Waals surface area contributed by atoms with Crippen LogP contribution in [-0.2, 0) is 4.79 Å². The van der Waals surface area contributed by atoms with Crippen molar-refractivity contribution < 1.29 is 13.9 Å². The Morgan fingerprint density at radius 2 is 2.00 bits per heavy atom. The van der Waals surface area contributed by atoms with Crippen molar-refractivity contribution in [2.75, 3.05) is 14.1 Å². The third-order valence-electron chi connectivity index (χ3n) is 2.56. The van der Waals surface area contributed by atoms with Crippen LogP contribution in [-0.4, -0.2) is 31.0 Å². The number of hydrogen-bond donors (Lipinski definition) is 1. The van der Waals surface area contributed by atoms with E-state index in [4.69, 9.17) is 10.5 Å². The Bertz CT molecular complexity index is 433. The molecule has 0 aliphatic carbocycles. The fourth-order valence-electron chi connectivity index (χ4n) is 1.57. The minimum atomic E-state index is -0.652. The van der Waals surface area contributed by atoms with Gasteiger partial charge in [-0.3, -0.25) is 4.79 Å². The van der Waals surface area contributed by atoms with Gasteiger partial charge < -0.3 is 15.4 Å². The van der Waals surface area contributed by atoms with Gasteiger partial charge in [-0.05, 0) is 19.9 Å². The van der Waals surface area contributed by atoms with E-state index >= 15 is 0 Å². The van der Waals surface area contributed by atoms with Gasteiger partial charge in [0.05, 0.1) is 0 Å². The minimum absolute atomic E-state index is 0.174. The van der Waals surface area contributed by atoms with Crippen LogP contribution in [0.25, 0.3) is 0 Å². The number of nitrogens with zero attached hydrogens (tertiary/aromatic N) is 1. The van der Waals surface area contributed by atoms with Crippen LogP contribution in [0.2, 0.25) is 0 Å². The van der Waals surface area contributed by atoms with Gasteiger partial charge in [0.25, 0.3) is 5.91 Å². The largest absolute Gasteiger partial charge is 0.481 e. The number of ether oxygens (including phenoxy) is 1. The number of amides is 1. The smallest absolute Gasteiger partial charge is 0.262 e. The highest BCUT2D eigenvalue weighted by molar-refractivity contribution is 5.80. The lowest BCUT2D eigenvalue weighted by Crippen LogP contribution is -2.35. The number of nitrogens with two attached hydrogens (primary N) is 1. The van der Waals surface area contributed by atoms with Crippen LogP contribution in [0.4, 0.5) is 4.39 Å². The zero-order valence-electron chi connectivity index (χ0n) is 11.1. The Hall–Kier alpha value is -1.62. The molecule has 18 heavy (non-hydrogen) atoms. The summed E-state index contributed by atoms with van der Waals surface area (Å²) in [6, 6.07) is 4.06. The Morgan fingerprint density at radius 1 is 1.39 bits per heavy atom. The molecule has 0 saturated heterocycles. The molecule has 4 nitrogen and oxygen atoms in total. The van der Waals surface area contributed by atoms with Gasteiger partial charge in [0.15, 0.2) is 6.10 Å². The molecule has 0 heterocycles. The molecule has 0 aliphatic heterocycles. The van der Waals surface area contributed by atoms with E-state index in [0.29, 0.717) is 11.3 Å². The quantitative estimate of drug-likeness (QED) is 0.889. The third kappa shape index (κ3) is 3.43. The molecule has 0 aliphatic rings. The Labute approximate surface area is 107 Å². The van der Waals surface area contributed by atoms with E-state index in [1.54, 1.807) is 40.1 Å². The molecule has 2 atom stereocenters. The van der Waals surface area contributed by atoms with Gasteiger partial charge in [-0.25, -0.2) is 4.39 Å². The molecular formula is C13H19FN2O2. The molecule has 1 aromatic carbocycles. The number of likely N-dealkylation sites (N-methyl/N-ethyl adjacent to an activating group) is 1. The van der Waals surface area contributed by atoms with Crippen LogP contribution >= 0.6 is 0 Å². The number of halogens is 1. The SMILES string of the molecule is CC(Oc1ccc([C@H](C)N)c(F)c1)C(=O)N(C)C. The lowest BCUT2D eigenvalue weighted by molar-refractivity contribution is -0.135. The average molecular weight is 254 g/mol. The highest BCUT2D eigenvalue weighted by atomic mass is 19.1. The summed E-state index contributed by atoms with van der Waals surface area (Å²) in [4.78, 5) is 13.0. The summed E-state index contributed by atoms with van der Waals surface area (Å²) in [5.41, 5.74) is 6.04. The maximum Gasteiger partial charge on any atom is 0.262 e. The number of carbonyl (C=O) groups is 1. The second kappa shape index (κ2) is 5.82. The Balaban J connectivity index is 2.81. The summed E-state index contributed by atoms with van der Waals surface area (Å²) in [7, 11) is 3.28. The second-order valence-corrected chi connectivity index (χ2v) is 4.46. The normalized spacial score (nSPS) is 13.9. The van der Waals surface area contributed by atoms with Crippen LogP contribution < -0.4 is 10.5 Å². The van der Waals surface area contributed by atoms with Gasteiger partial charge >= 0.3 is 0 Å². The van der Waals surface area contributed by atoms with E-state index in [1.807, 2.05) is 0 Å². The van der Waals surface area contributed by atoms with Crippen molar-refractivity contribution >= 4 is 5.91 Å². The van der Waals surface area contributed by atoms with E-state index in [1.165, 1.54) is 11.0 Å². The molecule has 1 unspecified atom stereocenters. The number of benzene rings is 1. The van der Waals surface area contributed by atoms with Crippen molar-refractivity contribution in [2.24, 2.45) is 5.73 Å². The number of hydrogen-bond acceptors (Lipinski definition) is 3. The molecule has 0 saturated carbocycles. The van der Waals surface area contributed by atoms with Gasteiger partial charge in [0, 0.05) is 31.8 Å². The molecule has 0 fully saturated rings.